The number of amides is 2. The maximum absolute atomic E-state index is 12.6. The Morgan fingerprint density at radius 3 is 2.64 bits per heavy atom. The van der Waals surface area contributed by atoms with Crippen LogP contribution in [0.2, 0.25) is 5.22 Å². The fourth-order valence-corrected chi connectivity index (χ4v) is 2.78. The van der Waals surface area contributed by atoms with Crippen molar-refractivity contribution >= 4 is 29.1 Å². The molecule has 2 heterocycles. The number of anilines is 1. The summed E-state index contributed by atoms with van der Waals surface area (Å²) in [4.78, 5) is 28.0. The Bertz CT molecular complexity index is 698. The minimum atomic E-state index is -0.489. The van der Waals surface area contributed by atoms with Crippen molar-refractivity contribution in [3.05, 3.63) is 53.4 Å². The third kappa shape index (κ3) is 2.60. The molecule has 1 aromatic heterocycles. The number of benzene rings is 1. The Morgan fingerprint density at radius 1 is 1.27 bits per heavy atom. The molecule has 0 unspecified atom stereocenters. The van der Waals surface area contributed by atoms with Gasteiger partial charge >= 0.3 is 0 Å². The van der Waals surface area contributed by atoms with Gasteiger partial charge in [-0.2, -0.15) is 0 Å². The molecule has 1 aliphatic rings. The van der Waals surface area contributed by atoms with Gasteiger partial charge in [-0.3, -0.25) is 9.59 Å². The molecular formula is C16H15ClN2O3. The molecule has 22 heavy (non-hydrogen) atoms. The van der Waals surface area contributed by atoms with Crippen LogP contribution in [-0.2, 0) is 4.79 Å². The zero-order valence-corrected chi connectivity index (χ0v) is 12.8. The van der Waals surface area contributed by atoms with Gasteiger partial charge in [0.2, 0.25) is 5.91 Å². The predicted octanol–water partition coefficient (Wildman–Crippen LogP) is 2.81. The van der Waals surface area contributed by atoms with Crippen molar-refractivity contribution in [1.82, 2.24) is 4.90 Å². The van der Waals surface area contributed by atoms with E-state index >= 15 is 0 Å². The minimum Gasteiger partial charge on any atom is -0.440 e. The molecule has 5 nitrogen and oxygen atoms in total. The number of likely N-dealkylation sites (N-methyl/N-ethyl adjacent to an activating group) is 1. The molecule has 1 aliphatic heterocycles. The van der Waals surface area contributed by atoms with Crippen molar-refractivity contribution in [2.24, 2.45) is 0 Å². The van der Waals surface area contributed by atoms with Crippen molar-refractivity contribution < 1.29 is 14.0 Å². The summed E-state index contributed by atoms with van der Waals surface area (Å²) in [5, 5.41) is 0.153. The van der Waals surface area contributed by atoms with Crippen molar-refractivity contribution in [1.29, 1.82) is 0 Å². The number of nitrogens with zero attached hydrogens (tertiary/aromatic N) is 2. The molecule has 3 rings (SSSR count). The van der Waals surface area contributed by atoms with Gasteiger partial charge in [0.1, 0.15) is 6.04 Å². The average Bonchev–Trinajstić information content (AvgIpc) is 3.13. The monoisotopic (exact) mass is 318 g/mol. The zero-order valence-electron chi connectivity index (χ0n) is 12.0. The molecule has 0 saturated carbocycles. The highest BCUT2D eigenvalue weighted by Gasteiger charge is 2.37. The lowest BCUT2D eigenvalue weighted by atomic mass is 10.2. The molecule has 1 fully saturated rings. The van der Waals surface area contributed by atoms with Crippen molar-refractivity contribution in [2.45, 2.75) is 12.5 Å². The van der Waals surface area contributed by atoms with Gasteiger partial charge < -0.3 is 14.2 Å². The summed E-state index contributed by atoms with van der Waals surface area (Å²) in [6.45, 7) is 0.587. The molecule has 0 bridgehead atoms. The second kappa shape index (κ2) is 5.85. The van der Waals surface area contributed by atoms with Gasteiger partial charge in [0, 0.05) is 19.3 Å². The topological polar surface area (TPSA) is 53.8 Å². The van der Waals surface area contributed by atoms with Crippen molar-refractivity contribution in [3.8, 4) is 0 Å². The largest absolute Gasteiger partial charge is 0.440 e. The van der Waals surface area contributed by atoms with Crippen LogP contribution in [0.15, 0.2) is 46.9 Å². The van der Waals surface area contributed by atoms with E-state index in [9.17, 15) is 9.59 Å². The van der Waals surface area contributed by atoms with E-state index in [0.717, 1.165) is 5.69 Å². The van der Waals surface area contributed by atoms with Crippen LogP contribution in [0, 0.1) is 0 Å². The first kappa shape index (κ1) is 14.7. The summed E-state index contributed by atoms with van der Waals surface area (Å²) >= 11 is 5.69. The molecule has 2 amide bonds. The third-order valence-electron chi connectivity index (χ3n) is 3.82. The normalized spacial score (nSPS) is 17.8. The summed E-state index contributed by atoms with van der Waals surface area (Å²) in [5.74, 6) is -0.293. The highest BCUT2D eigenvalue weighted by atomic mass is 35.5. The maximum atomic E-state index is 12.6. The van der Waals surface area contributed by atoms with Crippen LogP contribution >= 0.6 is 11.6 Å². The molecule has 1 aromatic carbocycles. The summed E-state index contributed by atoms with van der Waals surface area (Å²) < 4.78 is 5.12. The van der Waals surface area contributed by atoms with E-state index in [1.54, 1.807) is 11.9 Å². The lowest BCUT2D eigenvalue weighted by Crippen LogP contribution is -2.42. The smallest absolute Gasteiger partial charge is 0.290 e. The molecule has 1 saturated heterocycles. The standard InChI is InChI=1S/C16H15ClN2O3/c1-18(16(21)13-7-8-14(17)22-13)12-9-10-19(15(12)20)11-5-3-2-4-6-11/h2-8,12H,9-10H2,1H3/t12-/m0/s1. The van der Waals surface area contributed by atoms with E-state index in [4.69, 9.17) is 16.0 Å². The highest BCUT2D eigenvalue weighted by Crippen LogP contribution is 2.25. The first-order valence-electron chi connectivity index (χ1n) is 6.97. The SMILES string of the molecule is CN(C(=O)c1ccc(Cl)o1)[C@H]1CCN(c2ccccc2)C1=O. The van der Waals surface area contributed by atoms with Crippen molar-refractivity contribution in [3.63, 3.8) is 0 Å². The van der Waals surface area contributed by atoms with Crippen LogP contribution < -0.4 is 4.90 Å². The van der Waals surface area contributed by atoms with E-state index in [1.807, 2.05) is 30.3 Å². The molecule has 0 spiro atoms. The van der Waals surface area contributed by atoms with Crippen LogP contribution in [-0.4, -0.2) is 36.3 Å². The Balaban J connectivity index is 1.76. The van der Waals surface area contributed by atoms with Crippen molar-refractivity contribution in [2.75, 3.05) is 18.5 Å². The Morgan fingerprint density at radius 2 is 2.00 bits per heavy atom. The first-order chi connectivity index (χ1) is 10.6. The van der Waals surface area contributed by atoms with E-state index in [-0.39, 0.29) is 22.8 Å². The fraction of sp³-hybridized carbons (Fsp3) is 0.250. The van der Waals surface area contributed by atoms with Gasteiger partial charge in [-0.25, -0.2) is 0 Å². The summed E-state index contributed by atoms with van der Waals surface area (Å²) in [5.41, 5.74) is 0.844. The lowest BCUT2D eigenvalue weighted by Gasteiger charge is -2.23. The summed E-state index contributed by atoms with van der Waals surface area (Å²) in [6.07, 6.45) is 0.588. The number of para-hydroxylation sites is 1. The maximum Gasteiger partial charge on any atom is 0.290 e. The zero-order chi connectivity index (χ0) is 15.7. The van der Waals surface area contributed by atoms with Crippen LogP contribution in [0.5, 0.6) is 0 Å². The van der Waals surface area contributed by atoms with Crippen LogP contribution in [0.1, 0.15) is 17.0 Å². The molecule has 2 aromatic rings. The Labute approximate surface area is 133 Å². The molecule has 1 atom stereocenters. The molecule has 0 radical (unpaired) electrons. The number of rotatable bonds is 3. The first-order valence-corrected chi connectivity index (χ1v) is 7.34. The van der Waals surface area contributed by atoms with Crippen LogP contribution in [0.4, 0.5) is 5.69 Å². The number of hydrogen-bond acceptors (Lipinski definition) is 3. The van der Waals surface area contributed by atoms with Gasteiger partial charge in [-0.1, -0.05) is 18.2 Å². The summed E-state index contributed by atoms with van der Waals surface area (Å²) in [6, 6.07) is 12.0. The summed E-state index contributed by atoms with van der Waals surface area (Å²) in [7, 11) is 1.61. The number of furan rings is 1. The minimum absolute atomic E-state index is 0.0836. The van der Waals surface area contributed by atoms with Gasteiger partial charge in [0.25, 0.3) is 5.91 Å². The van der Waals surface area contributed by atoms with E-state index in [1.165, 1.54) is 17.0 Å². The van der Waals surface area contributed by atoms with Gasteiger partial charge in [0.15, 0.2) is 11.0 Å². The average molecular weight is 319 g/mol. The quantitative estimate of drug-likeness (QED) is 0.874. The number of halogens is 1. The van der Waals surface area contributed by atoms with Gasteiger partial charge in [-0.05, 0) is 42.3 Å². The molecule has 114 valence electrons. The highest BCUT2D eigenvalue weighted by molar-refractivity contribution is 6.29. The second-order valence-electron chi connectivity index (χ2n) is 5.15. The number of carbonyl (C=O) groups is 2. The molecule has 0 aliphatic carbocycles. The fourth-order valence-electron chi connectivity index (χ4n) is 2.63. The second-order valence-corrected chi connectivity index (χ2v) is 5.52. The van der Waals surface area contributed by atoms with Crippen LogP contribution in [0.3, 0.4) is 0 Å². The lowest BCUT2D eigenvalue weighted by molar-refractivity contribution is -0.120. The van der Waals surface area contributed by atoms with Gasteiger partial charge in [-0.15, -0.1) is 0 Å². The third-order valence-corrected chi connectivity index (χ3v) is 4.02. The van der Waals surface area contributed by atoms with E-state index in [0.29, 0.717) is 13.0 Å². The number of hydrogen-bond donors (Lipinski definition) is 0. The molecule has 6 heteroatoms. The van der Waals surface area contributed by atoms with Gasteiger partial charge in [0.05, 0.1) is 0 Å². The number of carbonyl (C=O) groups excluding carboxylic acids is 2. The Hall–Kier alpha value is -2.27. The Kier molecular flexibility index (Phi) is 3.90. The van der Waals surface area contributed by atoms with Crippen LogP contribution in [0.25, 0.3) is 0 Å². The molecular weight excluding hydrogens is 304 g/mol. The predicted molar refractivity (Wildman–Crippen MR) is 83.0 cm³/mol. The van der Waals surface area contributed by atoms with E-state index in [2.05, 4.69) is 0 Å². The molecule has 0 N–H and O–H groups in total. The van der Waals surface area contributed by atoms with E-state index < -0.39 is 6.04 Å².